The van der Waals surface area contributed by atoms with Crippen molar-refractivity contribution in [2.75, 3.05) is 20.0 Å². The van der Waals surface area contributed by atoms with Gasteiger partial charge in [0.1, 0.15) is 0 Å². The van der Waals surface area contributed by atoms with Crippen molar-refractivity contribution >= 4 is 37.3 Å². The molecule has 0 aliphatic heterocycles. The molecule has 3 rings (SSSR count). The van der Waals surface area contributed by atoms with Crippen molar-refractivity contribution in [2.24, 2.45) is 4.99 Å². The molecular formula is C20H18N2O5S2. The van der Waals surface area contributed by atoms with Gasteiger partial charge < -0.3 is 14.0 Å². The van der Waals surface area contributed by atoms with E-state index < -0.39 is 15.7 Å². The van der Waals surface area contributed by atoms with Gasteiger partial charge in [-0.25, -0.2) is 8.42 Å². The summed E-state index contributed by atoms with van der Waals surface area (Å²) in [4.78, 5) is 17.0. The molecule has 0 atom stereocenters. The van der Waals surface area contributed by atoms with Gasteiger partial charge in [-0.3, -0.25) is 4.79 Å². The number of thiazole rings is 1. The van der Waals surface area contributed by atoms with Gasteiger partial charge in [-0.05, 0) is 30.3 Å². The largest absolute Gasteiger partial charge is 0.493 e. The molecule has 0 aliphatic carbocycles. The van der Waals surface area contributed by atoms with E-state index in [-0.39, 0.29) is 18.0 Å². The quantitative estimate of drug-likeness (QED) is 0.560. The molecule has 1 aromatic heterocycles. The maximum atomic E-state index is 12.4. The monoisotopic (exact) mass is 430 g/mol. The van der Waals surface area contributed by atoms with Gasteiger partial charge in [0.05, 0.1) is 28.8 Å². The van der Waals surface area contributed by atoms with Gasteiger partial charge in [0.15, 0.2) is 32.7 Å². The van der Waals surface area contributed by atoms with Crippen molar-refractivity contribution in [2.45, 2.75) is 11.4 Å². The zero-order chi connectivity index (χ0) is 21.0. The van der Waals surface area contributed by atoms with Crippen LogP contribution in [0.25, 0.3) is 10.2 Å². The maximum Gasteiger partial charge on any atom is 0.286 e. The summed E-state index contributed by atoms with van der Waals surface area (Å²) in [6, 6.07) is 11.7. The van der Waals surface area contributed by atoms with Crippen molar-refractivity contribution in [1.29, 1.82) is 0 Å². The van der Waals surface area contributed by atoms with Crippen LogP contribution in [0.1, 0.15) is 0 Å². The third-order valence-corrected chi connectivity index (χ3v) is 6.12. The van der Waals surface area contributed by atoms with E-state index in [4.69, 9.17) is 15.9 Å². The lowest BCUT2D eigenvalue weighted by Crippen LogP contribution is -2.19. The predicted octanol–water partition coefficient (Wildman–Crippen LogP) is 2.25. The maximum absolute atomic E-state index is 12.4. The normalized spacial score (nSPS) is 12.0. The number of sulfone groups is 1. The highest BCUT2D eigenvalue weighted by molar-refractivity contribution is 7.90. The third-order valence-electron chi connectivity index (χ3n) is 3.97. The molecule has 0 bridgehead atoms. The number of para-hydroxylation sites is 2. The molecule has 0 saturated carbocycles. The van der Waals surface area contributed by atoms with Gasteiger partial charge in [-0.1, -0.05) is 29.4 Å². The van der Waals surface area contributed by atoms with Crippen LogP contribution in [0.4, 0.5) is 0 Å². The molecule has 0 N–H and O–H groups in total. The average molecular weight is 431 g/mol. The number of nitrogens with zero attached hydrogens (tertiary/aromatic N) is 2. The zero-order valence-corrected chi connectivity index (χ0v) is 17.4. The predicted molar refractivity (Wildman–Crippen MR) is 111 cm³/mol. The molecule has 3 aromatic rings. The number of hydrogen-bond donors (Lipinski definition) is 0. The first-order chi connectivity index (χ1) is 13.8. The van der Waals surface area contributed by atoms with Gasteiger partial charge in [0, 0.05) is 6.26 Å². The summed E-state index contributed by atoms with van der Waals surface area (Å²) in [5, 5.41) is 0. The van der Waals surface area contributed by atoms with Gasteiger partial charge in [0.2, 0.25) is 0 Å². The van der Waals surface area contributed by atoms with Gasteiger partial charge in [0.25, 0.3) is 5.91 Å². The van der Waals surface area contributed by atoms with Gasteiger partial charge in [-0.15, -0.1) is 6.42 Å². The number of aromatic nitrogens is 1. The number of rotatable bonds is 6. The Balaban J connectivity index is 1.94. The number of methoxy groups -OCH3 is 1. The molecule has 0 spiro atoms. The van der Waals surface area contributed by atoms with Crippen LogP contribution in [-0.4, -0.2) is 38.9 Å². The Morgan fingerprint density at radius 3 is 2.62 bits per heavy atom. The van der Waals surface area contributed by atoms with Crippen LogP contribution in [0, 0.1) is 12.3 Å². The fourth-order valence-corrected chi connectivity index (χ4v) is 4.44. The lowest BCUT2D eigenvalue weighted by atomic mass is 10.3. The lowest BCUT2D eigenvalue weighted by Gasteiger charge is -2.08. The molecule has 29 heavy (non-hydrogen) atoms. The molecule has 1 heterocycles. The molecule has 0 aliphatic rings. The van der Waals surface area contributed by atoms with Crippen LogP contribution < -0.4 is 14.3 Å². The first-order valence-electron chi connectivity index (χ1n) is 8.44. The highest BCUT2D eigenvalue weighted by Gasteiger charge is 2.13. The smallest absolute Gasteiger partial charge is 0.286 e. The number of benzene rings is 2. The first-order valence-corrected chi connectivity index (χ1v) is 11.1. The number of hydrogen-bond acceptors (Lipinski definition) is 6. The van der Waals surface area contributed by atoms with Crippen molar-refractivity contribution in [3.63, 3.8) is 0 Å². The molecule has 0 radical (unpaired) electrons. The number of terminal acetylenes is 1. The SMILES string of the molecule is C#CCn1c(=NC(=O)COc2ccccc2OC)sc2cc(S(C)(=O)=O)ccc21. The minimum Gasteiger partial charge on any atom is -0.493 e. The number of amides is 1. The van der Waals surface area contributed by atoms with E-state index in [2.05, 4.69) is 10.9 Å². The molecule has 9 heteroatoms. The Labute approximate surface area is 172 Å². The summed E-state index contributed by atoms with van der Waals surface area (Å²) in [6.07, 6.45) is 6.59. The zero-order valence-electron chi connectivity index (χ0n) is 15.8. The molecule has 1 amide bonds. The Hall–Kier alpha value is -3.09. The van der Waals surface area contributed by atoms with E-state index in [0.29, 0.717) is 26.5 Å². The molecular weight excluding hydrogens is 412 g/mol. The summed E-state index contributed by atoms with van der Waals surface area (Å²) in [7, 11) is -1.84. The fraction of sp³-hybridized carbons (Fsp3) is 0.200. The second-order valence-corrected chi connectivity index (χ2v) is 9.05. The molecule has 0 saturated heterocycles. The van der Waals surface area contributed by atoms with E-state index in [9.17, 15) is 13.2 Å². The number of fused-ring (bicyclic) bond motifs is 1. The van der Waals surface area contributed by atoms with Crippen LogP contribution in [0.2, 0.25) is 0 Å². The summed E-state index contributed by atoms with van der Waals surface area (Å²) in [5.74, 6) is 2.97. The minimum absolute atomic E-state index is 0.191. The second kappa shape index (κ2) is 8.51. The highest BCUT2D eigenvalue weighted by atomic mass is 32.2. The Kier molecular flexibility index (Phi) is 6.06. The van der Waals surface area contributed by atoms with E-state index in [1.165, 1.54) is 24.5 Å². The summed E-state index contributed by atoms with van der Waals surface area (Å²) >= 11 is 1.19. The van der Waals surface area contributed by atoms with Crippen LogP contribution in [0.15, 0.2) is 52.4 Å². The molecule has 7 nitrogen and oxygen atoms in total. The molecule has 150 valence electrons. The lowest BCUT2D eigenvalue weighted by molar-refractivity contribution is -0.120. The number of ether oxygens (including phenoxy) is 2. The van der Waals surface area contributed by atoms with E-state index in [1.807, 2.05) is 0 Å². The molecule has 0 unspecified atom stereocenters. The summed E-state index contributed by atoms with van der Waals surface area (Å²) in [5.41, 5.74) is 0.706. The summed E-state index contributed by atoms with van der Waals surface area (Å²) < 4.78 is 36.7. The second-order valence-electron chi connectivity index (χ2n) is 6.02. The fourth-order valence-electron chi connectivity index (χ4n) is 2.63. The number of carbonyl (C=O) groups is 1. The van der Waals surface area contributed by atoms with E-state index in [1.54, 1.807) is 41.0 Å². The van der Waals surface area contributed by atoms with Crippen molar-refractivity contribution in [3.05, 3.63) is 47.3 Å². The van der Waals surface area contributed by atoms with E-state index >= 15 is 0 Å². The molecule has 2 aromatic carbocycles. The van der Waals surface area contributed by atoms with E-state index in [0.717, 1.165) is 6.26 Å². The minimum atomic E-state index is -3.35. The van der Waals surface area contributed by atoms with Crippen molar-refractivity contribution < 1.29 is 22.7 Å². The number of carbonyl (C=O) groups excluding carboxylic acids is 1. The van der Waals surface area contributed by atoms with Gasteiger partial charge >= 0.3 is 0 Å². The highest BCUT2D eigenvalue weighted by Crippen LogP contribution is 2.25. The third kappa shape index (κ3) is 4.67. The van der Waals surface area contributed by atoms with Crippen LogP contribution >= 0.6 is 11.3 Å². The standard InChI is InChI=1S/C20H18N2O5S2/c1-4-11-22-15-10-9-14(29(3,24)25)12-18(15)28-20(22)21-19(23)13-27-17-8-6-5-7-16(17)26-2/h1,5-10,12H,11,13H2,2-3H3. The first kappa shape index (κ1) is 20.6. The van der Waals surface area contributed by atoms with Crippen LogP contribution in [0.5, 0.6) is 11.5 Å². The topological polar surface area (TPSA) is 87.0 Å². The van der Waals surface area contributed by atoms with Crippen molar-refractivity contribution in [3.8, 4) is 23.8 Å². The van der Waals surface area contributed by atoms with Gasteiger partial charge in [-0.2, -0.15) is 4.99 Å². The van der Waals surface area contributed by atoms with Crippen LogP contribution in [-0.2, 0) is 21.2 Å². The molecule has 0 fully saturated rings. The average Bonchev–Trinajstić information content (AvgIpc) is 3.02. The van der Waals surface area contributed by atoms with Crippen LogP contribution in [0.3, 0.4) is 0 Å². The van der Waals surface area contributed by atoms with Crippen molar-refractivity contribution in [1.82, 2.24) is 4.57 Å². The Morgan fingerprint density at radius 2 is 1.97 bits per heavy atom. The summed E-state index contributed by atoms with van der Waals surface area (Å²) in [6.45, 7) is -0.0863. The Morgan fingerprint density at radius 1 is 1.24 bits per heavy atom. The Bertz CT molecular complexity index is 1280.